The highest BCUT2D eigenvalue weighted by Crippen LogP contribution is 2.34. The fourth-order valence-corrected chi connectivity index (χ4v) is 3.19. The molecule has 7 nitrogen and oxygen atoms in total. The number of hydrogen-bond acceptors (Lipinski definition) is 7. The number of rotatable bonds is 8. The fourth-order valence-electron chi connectivity index (χ4n) is 3.19. The van der Waals surface area contributed by atoms with Gasteiger partial charge >= 0.3 is 6.36 Å². The Kier molecular flexibility index (Phi) is 6.55. The molecule has 0 radical (unpaired) electrons. The molecular weight excluding hydrogens is 437 g/mol. The van der Waals surface area contributed by atoms with Crippen LogP contribution in [0.15, 0.2) is 67.3 Å². The van der Waals surface area contributed by atoms with Gasteiger partial charge in [-0.2, -0.15) is 0 Å². The van der Waals surface area contributed by atoms with Crippen LogP contribution in [-0.2, 0) is 4.74 Å². The Labute approximate surface area is 187 Å². The van der Waals surface area contributed by atoms with Gasteiger partial charge in [0.2, 0.25) is 0 Å². The van der Waals surface area contributed by atoms with E-state index in [1.807, 2.05) is 24.3 Å². The minimum absolute atomic E-state index is 0.251. The monoisotopic (exact) mass is 456 g/mol. The largest absolute Gasteiger partial charge is 0.522 e. The summed E-state index contributed by atoms with van der Waals surface area (Å²) in [6.07, 6.45) is 1.94. The highest BCUT2D eigenvalue weighted by atomic mass is 19.4. The second kappa shape index (κ2) is 9.70. The molecule has 1 N–H and O–H groups in total. The van der Waals surface area contributed by atoms with Crippen LogP contribution in [0.4, 0.5) is 24.5 Å². The van der Waals surface area contributed by atoms with Gasteiger partial charge in [0.25, 0.3) is 0 Å². The van der Waals surface area contributed by atoms with Gasteiger partial charge in [-0.3, -0.25) is 19.7 Å². The van der Waals surface area contributed by atoms with Crippen molar-refractivity contribution in [3.63, 3.8) is 0 Å². The number of benzene rings is 2. The lowest BCUT2D eigenvalue weighted by Crippen LogP contribution is -2.18. The van der Waals surface area contributed by atoms with Crippen LogP contribution in [0.5, 0.6) is 11.5 Å². The molecule has 0 fully saturated rings. The van der Waals surface area contributed by atoms with E-state index in [4.69, 9.17) is 9.47 Å². The zero-order valence-electron chi connectivity index (χ0n) is 17.5. The molecular formula is C23H19F3N4O3. The molecule has 0 spiro atoms. The lowest BCUT2D eigenvalue weighted by molar-refractivity contribution is -0.325. The predicted octanol–water partition coefficient (Wildman–Crippen LogP) is 5.36. The smallest absolute Gasteiger partial charge is 0.494 e. The number of hydrogen-bond donors (Lipinski definition) is 1. The molecule has 0 bridgehead atoms. The number of anilines is 2. The van der Waals surface area contributed by atoms with Gasteiger partial charge in [-0.15, -0.1) is 13.2 Å². The second-order valence-electron chi connectivity index (χ2n) is 6.81. The van der Waals surface area contributed by atoms with Crippen molar-refractivity contribution in [1.29, 1.82) is 0 Å². The van der Waals surface area contributed by atoms with Crippen molar-refractivity contribution in [2.24, 2.45) is 0 Å². The second-order valence-corrected chi connectivity index (χ2v) is 6.81. The third kappa shape index (κ3) is 5.66. The number of aromatic nitrogens is 3. The zero-order chi connectivity index (χ0) is 23.3. The van der Waals surface area contributed by atoms with E-state index in [2.05, 4.69) is 25.0 Å². The summed E-state index contributed by atoms with van der Waals surface area (Å²) in [5.74, 6) is 0.821. The summed E-state index contributed by atoms with van der Waals surface area (Å²) >= 11 is 0. The quantitative estimate of drug-likeness (QED) is 0.358. The highest BCUT2D eigenvalue weighted by Gasteiger charge is 2.28. The molecule has 0 saturated carbocycles. The van der Waals surface area contributed by atoms with Crippen LogP contribution in [0.2, 0.25) is 0 Å². The molecule has 33 heavy (non-hydrogen) atoms. The molecule has 0 unspecified atom stereocenters. The standard InChI is InChI=1S/C23H19F3N4O3/c1-31-22-13-16(32-10-11-33-23(24,25)26)3-5-19(22)30-18-6-7-28-20-12-15(2-4-17(18)20)21-14-27-8-9-29-21/h2-9,12-14H,10-11H2,1H3,(H,28,30). The van der Waals surface area contributed by atoms with Gasteiger partial charge in [0.1, 0.15) is 18.1 Å². The van der Waals surface area contributed by atoms with Crippen molar-refractivity contribution < 1.29 is 27.4 Å². The molecule has 4 rings (SSSR count). The van der Waals surface area contributed by atoms with Crippen molar-refractivity contribution in [3.8, 4) is 22.8 Å². The van der Waals surface area contributed by atoms with E-state index in [0.717, 1.165) is 27.8 Å². The van der Waals surface area contributed by atoms with Crippen LogP contribution in [0, 0.1) is 0 Å². The number of halogens is 3. The van der Waals surface area contributed by atoms with E-state index < -0.39 is 13.0 Å². The van der Waals surface area contributed by atoms with Gasteiger partial charge in [0.15, 0.2) is 0 Å². The van der Waals surface area contributed by atoms with Crippen molar-refractivity contribution in [2.45, 2.75) is 6.36 Å². The van der Waals surface area contributed by atoms with Gasteiger partial charge in [-0.1, -0.05) is 12.1 Å². The Morgan fingerprint density at radius 1 is 0.909 bits per heavy atom. The fraction of sp³-hybridized carbons (Fsp3) is 0.174. The number of pyridine rings is 1. The number of fused-ring (bicyclic) bond motifs is 1. The van der Waals surface area contributed by atoms with Gasteiger partial charge in [0, 0.05) is 41.3 Å². The summed E-state index contributed by atoms with van der Waals surface area (Å²) in [5, 5.41) is 4.20. The molecule has 2 aromatic heterocycles. The Bertz CT molecular complexity index is 1240. The molecule has 2 heterocycles. The molecule has 10 heteroatoms. The maximum atomic E-state index is 12.1. The molecule has 2 aromatic carbocycles. The predicted molar refractivity (Wildman–Crippen MR) is 117 cm³/mol. The van der Waals surface area contributed by atoms with E-state index >= 15 is 0 Å². The summed E-state index contributed by atoms with van der Waals surface area (Å²) in [6.45, 7) is -0.857. The average Bonchev–Trinajstić information content (AvgIpc) is 2.82. The first-order valence-corrected chi connectivity index (χ1v) is 9.87. The molecule has 0 saturated heterocycles. The summed E-state index contributed by atoms with van der Waals surface area (Å²) < 4.78 is 50.6. The molecule has 0 atom stereocenters. The molecule has 170 valence electrons. The van der Waals surface area contributed by atoms with Crippen LogP contribution in [0.3, 0.4) is 0 Å². The maximum absolute atomic E-state index is 12.1. The van der Waals surface area contributed by atoms with Crippen molar-refractivity contribution >= 4 is 22.3 Å². The number of methoxy groups -OCH3 is 1. The Morgan fingerprint density at radius 3 is 2.55 bits per heavy atom. The SMILES string of the molecule is COc1cc(OCCOC(F)(F)F)ccc1Nc1ccnc2cc(-c3cnccn3)ccc12. The maximum Gasteiger partial charge on any atom is 0.522 e. The first-order chi connectivity index (χ1) is 15.9. The minimum Gasteiger partial charge on any atom is -0.494 e. The molecule has 0 amide bonds. The normalized spacial score (nSPS) is 11.4. The third-order valence-electron chi connectivity index (χ3n) is 4.66. The summed E-state index contributed by atoms with van der Waals surface area (Å²) in [4.78, 5) is 12.9. The number of alkyl halides is 3. The summed E-state index contributed by atoms with van der Waals surface area (Å²) in [6, 6.07) is 12.6. The van der Waals surface area contributed by atoms with E-state index in [9.17, 15) is 13.2 Å². The Balaban J connectivity index is 1.52. The topological polar surface area (TPSA) is 78.4 Å². The van der Waals surface area contributed by atoms with Gasteiger partial charge in [0.05, 0.1) is 36.8 Å². The van der Waals surface area contributed by atoms with Crippen molar-refractivity contribution in [1.82, 2.24) is 15.0 Å². The van der Waals surface area contributed by atoms with E-state index in [0.29, 0.717) is 17.2 Å². The molecule has 0 aliphatic heterocycles. The minimum atomic E-state index is -4.68. The van der Waals surface area contributed by atoms with E-state index in [1.54, 1.807) is 43.0 Å². The molecule has 0 aliphatic carbocycles. The van der Waals surface area contributed by atoms with Crippen LogP contribution >= 0.6 is 0 Å². The number of nitrogens with one attached hydrogen (secondary N) is 1. The van der Waals surface area contributed by atoms with Gasteiger partial charge < -0.3 is 14.8 Å². The number of nitrogens with zero attached hydrogens (tertiary/aromatic N) is 3. The Morgan fingerprint density at radius 2 is 1.79 bits per heavy atom. The van der Waals surface area contributed by atoms with Crippen molar-refractivity contribution in [3.05, 3.63) is 67.3 Å². The summed E-state index contributed by atoms with van der Waals surface area (Å²) in [7, 11) is 1.49. The van der Waals surface area contributed by atoms with Crippen LogP contribution in [0.25, 0.3) is 22.2 Å². The van der Waals surface area contributed by atoms with E-state index in [1.165, 1.54) is 7.11 Å². The van der Waals surface area contributed by atoms with Gasteiger partial charge in [-0.25, -0.2) is 0 Å². The first kappa shape index (κ1) is 22.3. The van der Waals surface area contributed by atoms with Crippen LogP contribution < -0.4 is 14.8 Å². The zero-order valence-corrected chi connectivity index (χ0v) is 17.5. The molecule has 4 aromatic rings. The number of ether oxygens (including phenoxy) is 3. The lowest BCUT2D eigenvalue weighted by atomic mass is 10.1. The first-order valence-electron chi connectivity index (χ1n) is 9.87. The van der Waals surface area contributed by atoms with Crippen LogP contribution in [0.1, 0.15) is 0 Å². The average molecular weight is 456 g/mol. The van der Waals surface area contributed by atoms with Gasteiger partial charge in [-0.05, 0) is 24.3 Å². The highest BCUT2D eigenvalue weighted by molar-refractivity contribution is 5.95. The van der Waals surface area contributed by atoms with Crippen LogP contribution in [-0.4, -0.2) is 41.6 Å². The van der Waals surface area contributed by atoms with Crippen molar-refractivity contribution in [2.75, 3.05) is 25.6 Å². The summed E-state index contributed by atoms with van der Waals surface area (Å²) in [5.41, 5.74) is 3.87. The van der Waals surface area contributed by atoms with E-state index in [-0.39, 0.29) is 6.61 Å². The Hall–Kier alpha value is -3.92. The lowest BCUT2D eigenvalue weighted by Gasteiger charge is -2.15. The molecule has 0 aliphatic rings. The third-order valence-corrected chi connectivity index (χ3v) is 4.66.